The van der Waals surface area contributed by atoms with E-state index in [4.69, 9.17) is 9.72 Å². The number of ether oxygens (including phenoxy) is 1. The minimum atomic E-state index is -0.300. The first-order valence-corrected chi connectivity index (χ1v) is 9.45. The third-order valence-corrected chi connectivity index (χ3v) is 4.75. The van der Waals surface area contributed by atoms with Gasteiger partial charge < -0.3 is 4.74 Å². The van der Waals surface area contributed by atoms with Gasteiger partial charge in [0.15, 0.2) is 0 Å². The summed E-state index contributed by atoms with van der Waals surface area (Å²) in [6.07, 6.45) is 3.40. The van der Waals surface area contributed by atoms with E-state index >= 15 is 0 Å². The second-order valence-electron chi connectivity index (χ2n) is 6.68. The molecule has 0 aliphatic heterocycles. The largest absolute Gasteiger partial charge is 0.497 e. The molecule has 1 N–H and O–H groups in total. The van der Waals surface area contributed by atoms with Crippen molar-refractivity contribution in [2.75, 3.05) is 7.11 Å². The molecule has 0 atom stereocenters. The number of aromatic nitrogens is 2. The number of carbonyl (C=O) groups excluding carboxylic acids is 1. The number of hydrogen-bond acceptors (Lipinski definition) is 5. The summed E-state index contributed by atoms with van der Waals surface area (Å²) in [7, 11) is 1.61. The summed E-state index contributed by atoms with van der Waals surface area (Å²) in [6, 6.07) is 20.6. The Bertz CT molecular complexity index is 1240. The van der Waals surface area contributed by atoms with Gasteiger partial charge in [-0.1, -0.05) is 30.3 Å². The van der Waals surface area contributed by atoms with Crippen LogP contribution in [0.4, 0.5) is 0 Å². The Labute approximate surface area is 174 Å². The number of rotatable bonds is 5. The summed E-state index contributed by atoms with van der Waals surface area (Å²) < 4.78 is 5.25. The SMILES string of the molecule is COc1cccc(C(C)=NNC(=O)c2cc(-c3ccncc3)nc3ccccc23)c1. The van der Waals surface area contributed by atoms with E-state index < -0.39 is 0 Å². The molecular weight excluding hydrogens is 376 g/mol. The maximum atomic E-state index is 13.0. The van der Waals surface area contributed by atoms with Gasteiger partial charge in [-0.3, -0.25) is 9.78 Å². The van der Waals surface area contributed by atoms with E-state index in [-0.39, 0.29) is 5.91 Å². The van der Waals surface area contributed by atoms with Gasteiger partial charge in [0.2, 0.25) is 0 Å². The summed E-state index contributed by atoms with van der Waals surface area (Å²) in [5, 5.41) is 5.05. The van der Waals surface area contributed by atoms with Gasteiger partial charge in [0, 0.05) is 28.9 Å². The van der Waals surface area contributed by atoms with E-state index in [1.165, 1.54) is 0 Å². The van der Waals surface area contributed by atoms with Crippen LogP contribution >= 0.6 is 0 Å². The molecule has 30 heavy (non-hydrogen) atoms. The topological polar surface area (TPSA) is 76.5 Å². The van der Waals surface area contributed by atoms with Crippen LogP contribution in [0.3, 0.4) is 0 Å². The maximum Gasteiger partial charge on any atom is 0.272 e. The Morgan fingerprint density at radius 3 is 2.60 bits per heavy atom. The standard InChI is InChI=1S/C24H20N4O2/c1-16(18-6-5-7-19(14-18)30-2)27-28-24(29)21-15-23(17-10-12-25-13-11-17)26-22-9-4-3-8-20(21)22/h3-15H,1-2H3,(H,28,29). The number of pyridine rings is 2. The van der Waals surface area contributed by atoms with Gasteiger partial charge in [0.05, 0.1) is 29.6 Å². The highest BCUT2D eigenvalue weighted by atomic mass is 16.5. The van der Waals surface area contributed by atoms with Crippen molar-refractivity contribution in [3.8, 4) is 17.0 Å². The van der Waals surface area contributed by atoms with Gasteiger partial charge in [-0.15, -0.1) is 0 Å². The Hall–Kier alpha value is -4.06. The van der Waals surface area contributed by atoms with E-state index in [0.29, 0.717) is 17.0 Å². The Kier molecular flexibility index (Phi) is 5.48. The predicted molar refractivity (Wildman–Crippen MR) is 118 cm³/mol. The van der Waals surface area contributed by atoms with Gasteiger partial charge in [0.25, 0.3) is 5.91 Å². The summed E-state index contributed by atoms with van der Waals surface area (Å²) in [6.45, 7) is 1.84. The fraction of sp³-hybridized carbons (Fsp3) is 0.0833. The van der Waals surface area contributed by atoms with Crippen LogP contribution in [0.1, 0.15) is 22.8 Å². The molecule has 0 radical (unpaired) electrons. The Morgan fingerprint density at radius 2 is 1.80 bits per heavy atom. The Morgan fingerprint density at radius 1 is 1.00 bits per heavy atom. The molecule has 0 fully saturated rings. The molecule has 0 spiro atoms. The van der Waals surface area contributed by atoms with Crippen molar-refractivity contribution in [3.63, 3.8) is 0 Å². The molecule has 6 nitrogen and oxygen atoms in total. The zero-order valence-electron chi connectivity index (χ0n) is 16.7. The fourth-order valence-corrected chi connectivity index (χ4v) is 3.14. The number of hydrazone groups is 1. The molecule has 0 aliphatic carbocycles. The highest BCUT2D eigenvalue weighted by Crippen LogP contribution is 2.24. The van der Waals surface area contributed by atoms with Gasteiger partial charge in [-0.2, -0.15) is 5.10 Å². The molecule has 2 heterocycles. The van der Waals surface area contributed by atoms with E-state index in [0.717, 1.165) is 27.8 Å². The van der Waals surface area contributed by atoms with Crippen LogP contribution in [0.25, 0.3) is 22.2 Å². The van der Waals surface area contributed by atoms with Crippen molar-refractivity contribution < 1.29 is 9.53 Å². The lowest BCUT2D eigenvalue weighted by atomic mass is 10.0. The number of fused-ring (bicyclic) bond motifs is 1. The molecule has 4 rings (SSSR count). The monoisotopic (exact) mass is 396 g/mol. The number of carbonyl (C=O) groups is 1. The van der Waals surface area contributed by atoms with E-state index in [9.17, 15) is 4.79 Å². The van der Waals surface area contributed by atoms with Gasteiger partial charge >= 0.3 is 0 Å². The second kappa shape index (κ2) is 8.53. The molecule has 0 saturated heterocycles. The van der Waals surface area contributed by atoms with Gasteiger partial charge in [0.1, 0.15) is 5.75 Å². The molecule has 2 aromatic heterocycles. The molecule has 0 bridgehead atoms. The van der Waals surface area contributed by atoms with Crippen LogP contribution in [-0.2, 0) is 0 Å². The molecule has 0 aliphatic rings. The van der Waals surface area contributed by atoms with Crippen molar-refractivity contribution in [3.05, 3.63) is 90.3 Å². The predicted octanol–water partition coefficient (Wildman–Crippen LogP) is 4.46. The van der Waals surface area contributed by atoms with Crippen LogP contribution in [0.5, 0.6) is 5.75 Å². The third-order valence-electron chi connectivity index (χ3n) is 4.75. The average molecular weight is 396 g/mol. The molecule has 6 heteroatoms. The maximum absolute atomic E-state index is 13.0. The van der Waals surface area contributed by atoms with Crippen molar-refractivity contribution in [1.82, 2.24) is 15.4 Å². The number of amides is 1. The minimum Gasteiger partial charge on any atom is -0.497 e. The summed E-state index contributed by atoms with van der Waals surface area (Å²) in [5.74, 6) is 0.432. The molecule has 148 valence electrons. The highest BCUT2D eigenvalue weighted by molar-refractivity contribution is 6.08. The molecular formula is C24H20N4O2. The number of hydrogen-bond donors (Lipinski definition) is 1. The average Bonchev–Trinajstić information content (AvgIpc) is 2.82. The normalized spacial score (nSPS) is 11.3. The van der Waals surface area contributed by atoms with Crippen molar-refractivity contribution >= 4 is 22.5 Å². The zero-order valence-corrected chi connectivity index (χ0v) is 16.7. The minimum absolute atomic E-state index is 0.300. The smallest absolute Gasteiger partial charge is 0.272 e. The number of methoxy groups -OCH3 is 1. The van der Waals surface area contributed by atoms with Crippen molar-refractivity contribution in [2.24, 2.45) is 5.10 Å². The molecule has 4 aromatic rings. The van der Waals surface area contributed by atoms with Crippen molar-refractivity contribution in [2.45, 2.75) is 6.92 Å². The highest BCUT2D eigenvalue weighted by Gasteiger charge is 2.14. The van der Waals surface area contributed by atoms with Crippen LogP contribution in [0.15, 0.2) is 84.2 Å². The third kappa shape index (κ3) is 4.03. The Balaban J connectivity index is 1.68. The fourth-order valence-electron chi connectivity index (χ4n) is 3.14. The van der Waals surface area contributed by atoms with Gasteiger partial charge in [-0.05, 0) is 43.3 Å². The second-order valence-corrected chi connectivity index (χ2v) is 6.68. The lowest BCUT2D eigenvalue weighted by molar-refractivity contribution is 0.0956. The summed E-state index contributed by atoms with van der Waals surface area (Å²) in [4.78, 5) is 21.8. The lowest BCUT2D eigenvalue weighted by Gasteiger charge is -2.09. The quantitative estimate of drug-likeness (QED) is 0.399. The van der Waals surface area contributed by atoms with Crippen molar-refractivity contribution in [1.29, 1.82) is 0 Å². The number of benzene rings is 2. The first kappa shape index (κ1) is 19.3. The first-order chi connectivity index (χ1) is 14.7. The van der Waals surface area contributed by atoms with Crippen LogP contribution in [0, 0.1) is 0 Å². The van der Waals surface area contributed by atoms with Crippen LogP contribution in [0.2, 0.25) is 0 Å². The summed E-state index contributed by atoms with van der Waals surface area (Å²) >= 11 is 0. The number of para-hydroxylation sites is 1. The number of nitrogens with zero attached hydrogens (tertiary/aromatic N) is 3. The van der Waals surface area contributed by atoms with Gasteiger partial charge in [-0.25, -0.2) is 10.4 Å². The van der Waals surface area contributed by atoms with E-state index in [1.54, 1.807) is 25.6 Å². The van der Waals surface area contributed by atoms with E-state index in [1.807, 2.05) is 67.6 Å². The van der Waals surface area contributed by atoms with E-state index in [2.05, 4.69) is 15.5 Å². The molecule has 1 amide bonds. The molecule has 0 saturated carbocycles. The first-order valence-electron chi connectivity index (χ1n) is 9.45. The van der Waals surface area contributed by atoms with Crippen LogP contribution in [-0.4, -0.2) is 28.7 Å². The number of nitrogens with one attached hydrogen (secondary N) is 1. The summed E-state index contributed by atoms with van der Waals surface area (Å²) in [5.41, 5.74) is 7.06. The molecule has 2 aromatic carbocycles. The van der Waals surface area contributed by atoms with Crippen LogP contribution < -0.4 is 10.2 Å². The molecule has 0 unspecified atom stereocenters. The lowest BCUT2D eigenvalue weighted by Crippen LogP contribution is -2.20. The zero-order chi connectivity index (χ0) is 20.9.